The Labute approximate surface area is 163 Å². The highest BCUT2D eigenvalue weighted by Gasteiger charge is 2.21. The van der Waals surface area contributed by atoms with Crippen molar-refractivity contribution in [3.8, 4) is 0 Å². The molecule has 0 bridgehead atoms. The molecule has 0 aliphatic heterocycles. The molecule has 142 valence electrons. The van der Waals surface area contributed by atoms with Crippen LogP contribution in [0.5, 0.6) is 0 Å². The molecule has 0 aliphatic rings. The highest BCUT2D eigenvalue weighted by atomic mass is 32.1. The maximum Gasteiger partial charge on any atom is 0.272 e. The first-order valence-corrected chi connectivity index (χ1v) is 9.61. The Bertz CT molecular complexity index is 1360. The number of aromatic amines is 2. The van der Waals surface area contributed by atoms with E-state index in [4.69, 9.17) is 4.42 Å². The lowest BCUT2D eigenvalue weighted by Crippen LogP contribution is -2.46. The van der Waals surface area contributed by atoms with Crippen LogP contribution in [-0.2, 0) is 5.41 Å². The largest absolute Gasteiger partial charge is 0.447 e. The van der Waals surface area contributed by atoms with E-state index in [2.05, 4.69) is 15.0 Å². The van der Waals surface area contributed by atoms with Crippen molar-refractivity contribution < 1.29 is 4.42 Å². The van der Waals surface area contributed by atoms with E-state index in [1.54, 1.807) is 17.4 Å². The van der Waals surface area contributed by atoms with Crippen molar-refractivity contribution >= 4 is 33.6 Å². The van der Waals surface area contributed by atoms with E-state index in [0.29, 0.717) is 11.5 Å². The van der Waals surface area contributed by atoms with Gasteiger partial charge in [-0.3, -0.25) is 9.59 Å². The Kier molecular flexibility index (Phi) is 4.39. The molecule has 1 aromatic carbocycles. The van der Waals surface area contributed by atoms with Crippen molar-refractivity contribution in [1.29, 1.82) is 0 Å². The van der Waals surface area contributed by atoms with Crippen LogP contribution in [0.15, 0.2) is 50.7 Å². The fourth-order valence-corrected chi connectivity index (χ4v) is 3.98. The van der Waals surface area contributed by atoms with Gasteiger partial charge in [0, 0.05) is 15.0 Å². The monoisotopic (exact) mass is 393 g/mol. The Morgan fingerprint density at radius 1 is 1.04 bits per heavy atom. The van der Waals surface area contributed by atoms with E-state index in [-0.39, 0.29) is 21.7 Å². The highest BCUT2D eigenvalue weighted by Crippen LogP contribution is 2.26. The minimum absolute atomic E-state index is 0.137. The Balaban J connectivity index is 1.83. The third-order valence-corrected chi connectivity index (χ3v) is 5.34. The van der Waals surface area contributed by atoms with Crippen LogP contribution in [0.3, 0.4) is 0 Å². The number of rotatable bonds is 2. The van der Waals surface area contributed by atoms with Crippen LogP contribution < -0.4 is 21.8 Å². The van der Waals surface area contributed by atoms with E-state index >= 15 is 0 Å². The molecule has 3 heterocycles. The third-order valence-electron chi connectivity index (χ3n) is 4.27. The van der Waals surface area contributed by atoms with E-state index in [0.717, 1.165) is 15.0 Å². The quantitative estimate of drug-likeness (QED) is 0.546. The topological polar surface area (TPSA) is 91.8 Å². The second-order valence-electron chi connectivity index (χ2n) is 7.53. The van der Waals surface area contributed by atoms with Crippen LogP contribution in [0, 0.1) is 0 Å². The van der Waals surface area contributed by atoms with Gasteiger partial charge in [0.05, 0.1) is 0 Å². The van der Waals surface area contributed by atoms with Crippen molar-refractivity contribution in [2.24, 2.45) is 0 Å². The SMILES string of the molecule is CC(C)(C)c1ocnc1C=c1[nH]c(=O)c(=Cc2cc3ccccc3s2)[nH]c1=O. The average molecular weight is 393 g/mol. The van der Waals surface area contributed by atoms with Crippen molar-refractivity contribution in [2.45, 2.75) is 26.2 Å². The fraction of sp³-hybridized carbons (Fsp3) is 0.190. The minimum atomic E-state index is -0.394. The molecule has 0 fully saturated rings. The Hall–Kier alpha value is -3.19. The summed E-state index contributed by atoms with van der Waals surface area (Å²) in [7, 11) is 0. The zero-order chi connectivity index (χ0) is 19.9. The first-order chi connectivity index (χ1) is 13.3. The Morgan fingerprint density at radius 3 is 2.39 bits per heavy atom. The molecular weight excluding hydrogens is 374 g/mol. The van der Waals surface area contributed by atoms with Gasteiger partial charge < -0.3 is 14.4 Å². The van der Waals surface area contributed by atoms with E-state index in [9.17, 15) is 9.59 Å². The van der Waals surface area contributed by atoms with E-state index in [1.807, 2.05) is 51.1 Å². The normalized spacial score (nSPS) is 13.5. The zero-order valence-corrected chi connectivity index (χ0v) is 16.5. The molecule has 0 atom stereocenters. The molecule has 0 aliphatic carbocycles. The molecule has 0 saturated heterocycles. The molecule has 7 heteroatoms. The molecule has 0 saturated carbocycles. The summed E-state index contributed by atoms with van der Waals surface area (Å²) in [4.78, 5) is 35.4. The smallest absolute Gasteiger partial charge is 0.272 e. The number of nitrogens with zero attached hydrogens (tertiary/aromatic N) is 1. The Morgan fingerprint density at radius 2 is 1.71 bits per heavy atom. The molecule has 2 N–H and O–H groups in total. The van der Waals surface area contributed by atoms with Crippen molar-refractivity contribution in [3.63, 3.8) is 0 Å². The molecule has 28 heavy (non-hydrogen) atoms. The molecule has 3 aromatic heterocycles. The zero-order valence-electron chi connectivity index (χ0n) is 15.7. The number of nitrogens with one attached hydrogen (secondary N) is 2. The predicted molar refractivity (Wildman–Crippen MR) is 111 cm³/mol. The number of aromatic nitrogens is 3. The highest BCUT2D eigenvalue weighted by molar-refractivity contribution is 7.19. The summed E-state index contributed by atoms with van der Waals surface area (Å²) in [6.45, 7) is 5.96. The van der Waals surface area contributed by atoms with Gasteiger partial charge in [0.15, 0.2) is 6.39 Å². The number of H-pyrrole nitrogens is 2. The van der Waals surface area contributed by atoms with Gasteiger partial charge in [0.2, 0.25) is 0 Å². The van der Waals surface area contributed by atoms with Gasteiger partial charge in [-0.2, -0.15) is 0 Å². The summed E-state index contributed by atoms with van der Waals surface area (Å²) in [6.07, 6.45) is 4.56. The van der Waals surface area contributed by atoms with Crippen LogP contribution in [0.25, 0.3) is 22.2 Å². The molecule has 6 nitrogen and oxygen atoms in total. The van der Waals surface area contributed by atoms with Crippen molar-refractivity contribution in [3.05, 3.63) is 84.5 Å². The third kappa shape index (κ3) is 3.48. The summed E-state index contributed by atoms with van der Waals surface area (Å²) < 4.78 is 6.57. The molecule has 4 aromatic rings. The summed E-state index contributed by atoms with van der Waals surface area (Å²) in [5, 5.41) is 1.45. The number of hydrogen-bond donors (Lipinski definition) is 2. The molecule has 0 radical (unpaired) electrons. The summed E-state index contributed by atoms with van der Waals surface area (Å²) in [5.41, 5.74) is -0.515. The maximum absolute atomic E-state index is 12.5. The summed E-state index contributed by atoms with van der Waals surface area (Å²) >= 11 is 1.56. The summed E-state index contributed by atoms with van der Waals surface area (Å²) in [6, 6.07) is 9.96. The van der Waals surface area contributed by atoms with Crippen LogP contribution in [-0.4, -0.2) is 15.0 Å². The van der Waals surface area contributed by atoms with Gasteiger partial charge >= 0.3 is 0 Å². The average Bonchev–Trinajstić information content (AvgIpc) is 3.25. The van der Waals surface area contributed by atoms with Gasteiger partial charge in [-0.15, -0.1) is 11.3 Å². The van der Waals surface area contributed by atoms with Gasteiger partial charge in [-0.25, -0.2) is 4.98 Å². The number of oxazole rings is 1. The van der Waals surface area contributed by atoms with Crippen molar-refractivity contribution in [1.82, 2.24) is 15.0 Å². The number of benzene rings is 1. The second kappa shape index (κ2) is 6.76. The lowest BCUT2D eigenvalue weighted by molar-refractivity contribution is 0.407. The van der Waals surface area contributed by atoms with Crippen LogP contribution in [0.4, 0.5) is 0 Å². The maximum atomic E-state index is 12.5. The summed E-state index contributed by atoms with van der Waals surface area (Å²) in [5.74, 6) is 0.647. The lowest BCUT2D eigenvalue weighted by Gasteiger charge is -2.14. The molecule has 0 unspecified atom stereocenters. The number of thiophene rings is 1. The van der Waals surface area contributed by atoms with Gasteiger partial charge in [-0.1, -0.05) is 39.0 Å². The van der Waals surface area contributed by atoms with Crippen LogP contribution >= 0.6 is 11.3 Å². The first-order valence-electron chi connectivity index (χ1n) is 8.80. The van der Waals surface area contributed by atoms with E-state index < -0.39 is 5.56 Å². The fourth-order valence-electron chi connectivity index (χ4n) is 2.97. The predicted octanol–water partition coefficient (Wildman–Crippen LogP) is 2.22. The second-order valence-corrected chi connectivity index (χ2v) is 8.64. The number of hydrogen-bond acceptors (Lipinski definition) is 5. The first kappa shape index (κ1) is 18.2. The van der Waals surface area contributed by atoms with Crippen molar-refractivity contribution in [2.75, 3.05) is 0 Å². The molecule has 0 amide bonds. The van der Waals surface area contributed by atoms with Crippen LogP contribution in [0.1, 0.15) is 37.1 Å². The van der Waals surface area contributed by atoms with Gasteiger partial charge in [0.1, 0.15) is 22.2 Å². The van der Waals surface area contributed by atoms with Gasteiger partial charge in [0.25, 0.3) is 11.1 Å². The number of fused-ring (bicyclic) bond motifs is 1. The van der Waals surface area contributed by atoms with Gasteiger partial charge in [-0.05, 0) is 29.7 Å². The molecular formula is C21H19N3O3S. The van der Waals surface area contributed by atoms with E-state index in [1.165, 1.54) is 12.5 Å². The van der Waals surface area contributed by atoms with Crippen LogP contribution in [0.2, 0.25) is 0 Å². The molecule has 0 spiro atoms. The minimum Gasteiger partial charge on any atom is -0.447 e. The standard InChI is InChI=1S/C21H19N3O3S/c1-21(2,3)18-14(22-11-27-18)10-16-20(26)23-15(19(25)24-16)9-13-8-12-6-4-5-7-17(12)28-13/h4-11H,1-3H3,(H,23,26)(H,24,25). The molecule has 4 rings (SSSR count). The lowest BCUT2D eigenvalue weighted by atomic mass is 9.92.